The molecule has 11 aromatic rings. The maximum Gasteiger partial charge on any atom is 0.164 e. The quantitative estimate of drug-likeness (QED) is 0.163. The van der Waals surface area contributed by atoms with Crippen LogP contribution in [0.15, 0.2) is 217 Å². The van der Waals surface area contributed by atoms with Gasteiger partial charge >= 0.3 is 0 Å². The van der Waals surface area contributed by atoms with Crippen LogP contribution >= 0.6 is 0 Å². The first-order valence-corrected chi connectivity index (χ1v) is 19.8. The fraction of sp³-hybridized carbons (Fsp3) is 0. The number of aromatic nitrogens is 3. The lowest BCUT2D eigenvalue weighted by atomic mass is 9.94. The van der Waals surface area contributed by atoms with Crippen LogP contribution in [0.25, 0.3) is 111 Å². The summed E-state index contributed by atoms with van der Waals surface area (Å²) in [4.78, 5) is 15.9. The number of benzene rings is 9. The fourth-order valence-corrected chi connectivity index (χ4v) is 8.13. The minimum atomic E-state index is 0.590. The van der Waals surface area contributed by atoms with E-state index in [0.29, 0.717) is 17.5 Å². The van der Waals surface area contributed by atoms with Gasteiger partial charge in [0.2, 0.25) is 0 Å². The molecule has 276 valence electrons. The molecule has 0 unspecified atom stereocenters. The molecule has 9 aromatic carbocycles. The lowest BCUT2D eigenvalue weighted by Crippen LogP contribution is -2.01. The highest BCUT2D eigenvalue weighted by molar-refractivity contribution is 6.06. The zero-order valence-electron chi connectivity index (χ0n) is 32.0. The van der Waals surface area contributed by atoms with Gasteiger partial charge in [-0.3, -0.25) is 0 Å². The summed E-state index contributed by atoms with van der Waals surface area (Å²) in [5.74, 6) is 1.80. The average Bonchev–Trinajstić information content (AvgIpc) is 3.70. The number of hydrogen-bond acceptors (Lipinski definition) is 4. The van der Waals surface area contributed by atoms with Gasteiger partial charge in [0, 0.05) is 27.5 Å². The van der Waals surface area contributed by atoms with Crippen molar-refractivity contribution in [2.75, 3.05) is 0 Å². The third-order valence-electron chi connectivity index (χ3n) is 11.1. The number of para-hydroxylation sites is 1. The van der Waals surface area contributed by atoms with E-state index in [4.69, 9.17) is 19.4 Å². The Kier molecular flexibility index (Phi) is 8.45. The van der Waals surface area contributed by atoms with E-state index >= 15 is 0 Å². The number of rotatable bonds is 7. The van der Waals surface area contributed by atoms with Crippen molar-refractivity contribution < 1.29 is 4.42 Å². The second-order valence-electron chi connectivity index (χ2n) is 14.8. The van der Waals surface area contributed by atoms with E-state index in [1.165, 1.54) is 10.8 Å². The maximum atomic E-state index is 6.38. The topological polar surface area (TPSA) is 51.8 Å². The van der Waals surface area contributed by atoms with E-state index in [0.717, 1.165) is 83.1 Å². The van der Waals surface area contributed by atoms with E-state index < -0.39 is 0 Å². The molecule has 0 aliphatic carbocycles. The maximum absolute atomic E-state index is 6.38. The van der Waals surface area contributed by atoms with Gasteiger partial charge in [0.25, 0.3) is 0 Å². The molecule has 2 aromatic heterocycles. The Labute approximate surface area is 341 Å². The minimum absolute atomic E-state index is 0.590. The smallest absolute Gasteiger partial charge is 0.164 e. The van der Waals surface area contributed by atoms with Gasteiger partial charge in [0.05, 0.1) is 0 Å². The molecule has 11 rings (SSSR count). The molecule has 0 aliphatic rings. The predicted octanol–water partition coefficient (Wildman–Crippen LogP) is 14.6. The molecular weight excluding hydrogens is 719 g/mol. The Morgan fingerprint density at radius 1 is 0.254 bits per heavy atom. The molecular formula is C55H35N3O. The monoisotopic (exact) mass is 753 g/mol. The summed E-state index contributed by atoms with van der Waals surface area (Å²) in [5.41, 5.74) is 13.1. The van der Waals surface area contributed by atoms with Crippen LogP contribution in [0.3, 0.4) is 0 Å². The molecule has 4 heteroatoms. The van der Waals surface area contributed by atoms with Crippen molar-refractivity contribution in [3.8, 4) is 78.7 Å². The van der Waals surface area contributed by atoms with Crippen molar-refractivity contribution in [1.29, 1.82) is 0 Å². The number of furan rings is 1. The minimum Gasteiger partial charge on any atom is -0.456 e. The zero-order chi connectivity index (χ0) is 39.1. The first-order valence-electron chi connectivity index (χ1n) is 19.8. The van der Waals surface area contributed by atoms with Gasteiger partial charge in [-0.05, 0) is 104 Å². The van der Waals surface area contributed by atoms with E-state index in [9.17, 15) is 0 Å². The van der Waals surface area contributed by atoms with Crippen LogP contribution < -0.4 is 0 Å². The van der Waals surface area contributed by atoms with Gasteiger partial charge in [-0.2, -0.15) is 0 Å². The Morgan fingerprint density at radius 3 is 1.59 bits per heavy atom. The summed E-state index contributed by atoms with van der Waals surface area (Å²) in [5, 5.41) is 4.58. The van der Waals surface area contributed by atoms with Crippen LogP contribution in [-0.4, -0.2) is 15.0 Å². The predicted molar refractivity (Wildman–Crippen MR) is 243 cm³/mol. The van der Waals surface area contributed by atoms with E-state index in [-0.39, 0.29) is 0 Å². The summed E-state index contributed by atoms with van der Waals surface area (Å²) < 4.78 is 6.38. The van der Waals surface area contributed by atoms with Gasteiger partial charge in [-0.25, -0.2) is 15.0 Å². The third kappa shape index (κ3) is 6.53. The molecule has 0 N–H and O–H groups in total. The normalized spacial score (nSPS) is 11.4. The molecule has 0 radical (unpaired) electrons. The van der Waals surface area contributed by atoms with Crippen LogP contribution in [-0.2, 0) is 0 Å². The van der Waals surface area contributed by atoms with Gasteiger partial charge < -0.3 is 4.42 Å². The van der Waals surface area contributed by atoms with Crippen molar-refractivity contribution >= 4 is 32.7 Å². The van der Waals surface area contributed by atoms with Crippen molar-refractivity contribution in [1.82, 2.24) is 15.0 Å². The lowest BCUT2D eigenvalue weighted by Gasteiger charge is -2.14. The largest absolute Gasteiger partial charge is 0.456 e. The van der Waals surface area contributed by atoms with Gasteiger partial charge in [-0.1, -0.05) is 164 Å². The average molecular weight is 754 g/mol. The van der Waals surface area contributed by atoms with Crippen molar-refractivity contribution in [2.24, 2.45) is 0 Å². The van der Waals surface area contributed by atoms with Gasteiger partial charge in [0.1, 0.15) is 11.2 Å². The fourth-order valence-electron chi connectivity index (χ4n) is 8.13. The Hall–Kier alpha value is -7.95. The number of nitrogens with zero attached hydrogens (tertiary/aromatic N) is 3. The molecule has 4 nitrogen and oxygen atoms in total. The molecule has 0 amide bonds. The van der Waals surface area contributed by atoms with Crippen LogP contribution in [0.1, 0.15) is 0 Å². The summed E-state index contributed by atoms with van der Waals surface area (Å²) in [6.07, 6.45) is 0. The summed E-state index contributed by atoms with van der Waals surface area (Å²) in [6, 6.07) is 74.1. The van der Waals surface area contributed by atoms with Crippen LogP contribution in [0.2, 0.25) is 0 Å². The lowest BCUT2D eigenvalue weighted by molar-refractivity contribution is 0.669. The Balaban J connectivity index is 1.14. The SMILES string of the molecule is c1ccc(-c2cccc(-c3nc(-c4cc(-c5ccc6ccccc6c5)cc(-c5ccc6c(c5)oc5ccccc56)c4)nc(-c4ccccc4-c4ccccc4)n3)c2)cc1. The molecule has 0 saturated carbocycles. The molecule has 0 fully saturated rings. The standard InChI is InChI=1S/C55H35N3O/c1-3-14-36(15-4-1)40-20-13-21-43(31-40)53-56-54(58-55(57-53)50-24-10-9-22-47(50)38-17-5-2-6-18-38)46-33-44(41-27-26-37-16-7-8-19-39(37)30-41)32-45(34-46)42-28-29-49-48-23-11-12-25-51(48)59-52(49)35-42/h1-35H. The highest BCUT2D eigenvalue weighted by Crippen LogP contribution is 2.38. The van der Waals surface area contributed by atoms with E-state index in [1.807, 2.05) is 30.3 Å². The molecule has 0 bridgehead atoms. The summed E-state index contributed by atoms with van der Waals surface area (Å²) in [6.45, 7) is 0. The first-order chi connectivity index (χ1) is 29.2. The zero-order valence-corrected chi connectivity index (χ0v) is 32.0. The second-order valence-corrected chi connectivity index (χ2v) is 14.8. The Bertz CT molecular complexity index is 3330. The molecule has 0 spiro atoms. The first kappa shape index (κ1) is 34.3. The van der Waals surface area contributed by atoms with E-state index in [1.54, 1.807) is 0 Å². The molecule has 59 heavy (non-hydrogen) atoms. The van der Waals surface area contributed by atoms with Crippen molar-refractivity contribution in [2.45, 2.75) is 0 Å². The van der Waals surface area contributed by atoms with Crippen LogP contribution in [0, 0.1) is 0 Å². The Morgan fingerprint density at radius 2 is 0.780 bits per heavy atom. The molecule has 0 atom stereocenters. The van der Waals surface area contributed by atoms with Crippen LogP contribution in [0.5, 0.6) is 0 Å². The number of fused-ring (bicyclic) bond motifs is 4. The van der Waals surface area contributed by atoms with Crippen LogP contribution in [0.4, 0.5) is 0 Å². The summed E-state index contributed by atoms with van der Waals surface area (Å²) >= 11 is 0. The van der Waals surface area contributed by atoms with Gasteiger partial charge in [-0.15, -0.1) is 0 Å². The molecule has 2 heterocycles. The highest BCUT2D eigenvalue weighted by atomic mass is 16.3. The second kappa shape index (κ2) is 14.5. The van der Waals surface area contributed by atoms with E-state index in [2.05, 4.69) is 182 Å². The van der Waals surface area contributed by atoms with Crippen molar-refractivity contribution in [3.05, 3.63) is 212 Å². The molecule has 0 saturated heterocycles. The van der Waals surface area contributed by atoms with Crippen molar-refractivity contribution in [3.63, 3.8) is 0 Å². The number of hydrogen-bond donors (Lipinski definition) is 0. The highest BCUT2D eigenvalue weighted by Gasteiger charge is 2.18. The van der Waals surface area contributed by atoms with Gasteiger partial charge in [0.15, 0.2) is 17.5 Å². The molecule has 0 aliphatic heterocycles. The summed E-state index contributed by atoms with van der Waals surface area (Å²) in [7, 11) is 0. The third-order valence-corrected chi connectivity index (χ3v) is 11.1.